The molecule has 0 aromatic heterocycles. The highest BCUT2D eigenvalue weighted by Gasteiger charge is 2.21. The standard InChI is InChI=1S/C9H19NO2/c1-11-9(12-2)8-6-4-3-5-7-10-8/h8-10H,3-7H2,1-2H3. The van der Waals surface area contributed by atoms with Crippen molar-refractivity contribution in [3.05, 3.63) is 0 Å². The van der Waals surface area contributed by atoms with Crippen molar-refractivity contribution < 1.29 is 9.47 Å². The maximum absolute atomic E-state index is 5.21. The van der Waals surface area contributed by atoms with Crippen molar-refractivity contribution in [2.75, 3.05) is 20.8 Å². The van der Waals surface area contributed by atoms with E-state index in [1.165, 1.54) is 19.3 Å². The Balaban J connectivity index is 2.35. The van der Waals surface area contributed by atoms with Crippen LogP contribution in [-0.2, 0) is 9.47 Å². The summed E-state index contributed by atoms with van der Waals surface area (Å²) in [5, 5.41) is 3.43. The highest BCUT2D eigenvalue weighted by Crippen LogP contribution is 2.13. The lowest BCUT2D eigenvalue weighted by Crippen LogP contribution is -2.41. The van der Waals surface area contributed by atoms with Gasteiger partial charge in [0.15, 0.2) is 6.29 Å². The number of hydrogen-bond acceptors (Lipinski definition) is 3. The Bertz CT molecular complexity index is 107. The Labute approximate surface area is 74.4 Å². The minimum Gasteiger partial charge on any atom is -0.354 e. The number of rotatable bonds is 3. The number of hydrogen-bond donors (Lipinski definition) is 1. The van der Waals surface area contributed by atoms with Crippen LogP contribution in [0.2, 0.25) is 0 Å². The number of nitrogens with one attached hydrogen (secondary N) is 1. The molecule has 1 aliphatic heterocycles. The molecule has 1 saturated heterocycles. The molecule has 0 amide bonds. The third-order valence-electron chi connectivity index (χ3n) is 2.39. The minimum absolute atomic E-state index is 0.0805. The monoisotopic (exact) mass is 173 g/mol. The molecule has 0 radical (unpaired) electrons. The van der Waals surface area contributed by atoms with Gasteiger partial charge in [0.2, 0.25) is 0 Å². The Morgan fingerprint density at radius 2 is 1.92 bits per heavy atom. The third-order valence-corrected chi connectivity index (χ3v) is 2.39. The lowest BCUT2D eigenvalue weighted by molar-refractivity contribution is -0.123. The van der Waals surface area contributed by atoms with E-state index >= 15 is 0 Å². The van der Waals surface area contributed by atoms with Crippen molar-refractivity contribution in [1.82, 2.24) is 5.32 Å². The summed E-state index contributed by atoms with van der Waals surface area (Å²) in [4.78, 5) is 0. The van der Waals surface area contributed by atoms with Gasteiger partial charge in [-0.3, -0.25) is 0 Å². The van der Waals surface area contributed by atoms with Crippen molar-refractivity contribution in [1.29, 1.82) is 0 Å². The topological polar surface area (TPSA) is 30.5 Å². The van der Waals surface area contributed by atoms with Crippen molar-refractivity contribution in [3.8, 4) is 0 Å². The average molecular weight is 173 g/mol. The molecule has 0 aromatic rings. The number of ether oxygens (including phenoxy) is 2. The molecule has 1 N–H and O–H groups in total. The normalized spacial score (nSPS) is 25.8. The van der Waals surface area contributed by atoms with Crippen molar-refractivity contribution in [2.45, 2.75) is 38.0 Å². The SMILES string of the molecule is COC(OC)C1CCCCCN1. The molecule has 0 saturated carbocycles. The summed E-state index contributed by atoms with van der Waals surface area (Å²) in [5.41, 5.74) is 0. The summed E-state index contributed by atoms with van der Waals surface area (Å²) in [5.74, 6) is 0. The second-order valence-electron chi connectivity index (χ2n) is 3.25. The van der Waals surface area contributed by atoms with Crippen LogP contribution >= 0.6 is 0 Å². The molecule has 1 heterocycles. The van der Waals surface area contributed by atoms with E-state index in [-0.39, 0.29) is 6.29 Å². The Morgan fingerprint density at radius 3 is 2.58 bits per heavy atom. The molecule has 3 nitrogen and oxygen atoms in total. The molecule has 72 valence electrons. The van der Waals surface area contributed by atoms with Gasteiger partial charge in [0.25, 0.3) is 0 Å². The zero-order valence-corrected chi connectivity index (χ0v) is 8.01. The summed E-state index contributed by atoms with van der Waals surface area (Å²) >= 11 is 0. The van der Waals surface area contributed by atoms with E-state index in [0.717, 1.165) is 13.0 Å². The fourth-order valence-corrected chi connectivity index (χ4v) is 1.71. The van der Waals surface area contributed by atoms with Gasteiger partial charge in [0.05, 0.1) is 6.04 Å². The predicted molar refractivity (Wildman–Crippen MR) is 48.1 cm³/mol. The Hall–Kier alpha value is -0.120. The van der Waals surface area contributed by atoms with Gasteiger partial charge in [-0.1, -0.05) is 12.8 Å². The predicted octanol–water partition coefficient (Wildman–Crippen LogP) is 1.14. The van der Waals surface area contributed by atoms with Crippen molar-refractivity contribution in [3.63, 3.8) is 0 Å². The molecule has 0 aromatic carbocycles. The third kappa shape index (κ3) is 2.73. The smallest absolute Gasteiger partial charge is 0.171 e. The lowest BCUT2D eigenvalue weighted by Gasteiger charge is -2.23. The molecule has 1 aliphatic rings. The Morgan fingerprint density at radius 1 is 1.17 bits per heavy atom. The van der Waals surface area contributed by atoms with Gasteiger partial charge < -0.3 is 14.8 Å². The van der Waals surface area contributed by atoms with Crippen molar-refractivity contribution >= 4 is 0 Å². The minimum atomic E-state index is -0.0805. The second kappa shape index (κ2) is 5.51. The zero-order valence-electron chi connectivity index (χ0n) is 8.01. The molecule has 1 atom stereocenters. The van der Waals surface area contributed by atoms with E-state index in [9.17, 15) is 0 Å². The van der Waals surface area contributed by atoms with E-state index in [1.54, 1.807) is 14.2 Å². The van der Waals surface area contributed by atoms with Crippen LogP contribution < -0.4 is 5.32 Å². The van der Waals surface area contributed by atoms with Crippen LogP contribution in [-0.4, -0.2) is 33.1 Å². The maximum Gasteiger partial charge on any atom is 0.171 e. The van der Waals surface area contributed by atoms with Gasteiger partial charge in [0.1, 0.15) is 0 Å². The van der Waals surface area contributed by atoms with Gasteiger partial charge in [-0.25, -0.2) is 0 Å². The van der Waals surface area contributed by atoms with Crippen LogP contribution in [0.3, 0.4) is 0 Å². The fraction of sp³-hybridized carbons (Fsp3) is 1.00. The second-order valence-corrected chi connectivity index (χ2v) is 3.25. The van der Waals surface area contributed by atoms with Gasteiger partial charge in [-0.15, -0.1) is 0 Å². The van der Waals surface area contributed by atoms with Crippen LogP contribution in [0.4, 0.5) is 0 Å². The van der Waals surface area contributed by atoms with Gasteiger partial charge >= 0.3 is 0 Å². The first-order valence-electron chi connectivity index (χ1n) is 4.67. The van der Waals surface area contributed by atoms with Crippen LogP contribution in [0.25, 0.3) is 0 Å². The van der Waals surface area contributed by atoms with Crippen LogP contribution in [0.1, 0.15) is 25.7 Å². The summed E-state index contributed by atoms with van der Waals surface area (Å²) in [6.45, 7) is 1.09. The molecular weight excluding hydrogens is 154 g/mol. The summed E-state index contributed by atoms with van der Waals surface area (Å²) in [6, 6.07) is 0.377. The van der Waals surface area contributed by atoms with Crippen LogP contribution in [0, 0.1) is 0 Å². The maximum atomic E-state index is 5.21. The molecule has 1 unspecified atom stereocenters. The quantitative estimate of drug-likeness (QED) is 0.649. The number of methoxy groups -OCH3 is 2. The van der Waals surface area contributed by atoms with Crippen LogP contribution in [0.15, 0.2) is 0 Å². The summed E-state index contributed by atoms with van der Waals surface area (Å²) < 4.78 is 10.4. The summed E-state index contributed by atoms with van der Waals surface area (Å²) in [6.07, 6.45) is 4.95. The molecule has 0 bridgehead atoms. The molecule has 12 heavy (non-hydrogen) atoms. The molecular formula is C9H19NO2. The van der Waals surface area contributed by atoms with Gasteiger partial charge in [-0.05, 0) is 19.4 Å². The summed E-state index contributed by atoms with van der Waals surface area (Å²) in [7, 11) is 3.39. The molecule has 0 aliphatic carbocycles. The molecule has 3 heteroatoms. The van der Waals surface area contributed by atoms with Gasteiger partial charge in [0, 0.05) is 14.2 Å². The van der Waals surface area contributed by atoms with Crippen molar-refractivity contribution in [2.24, 2.45) is 0 Å². The highest BCUT2D eigenvalue weighted by molar-refractivity contribution is 4.73. The van der Waals surface area contributed by atoms with E-state index in [4.69, 9.17) is 9.47 Å². The van der Waals surface area contributed by atoms with E-state index in [1.807, 2.05) is 0 Å². The van der Waals surface area contributed by atoms with E-state index < -0.39 is 0 Å². The molecule has 0 spiro atoms. The lowest BCUT2D eigenvalue weighted by atomic mass is 10.1. The zero-order chi connectivity index (χ0) is 8.81. The molecule has 1 rings (SSSR count). The van der Waals surface area contributed by atoms with E-state index in [2.05, 4.69) is 5.32 Å². The molecule has 1 fully saturated rings. The fourth-order valence-electron chi connectivity index (χ4n) is 1.71. The Kier molecular flexibility index (Phi) is 4.58. The average Bonchev–Trinajstić information content (AvgIpc) is 2.35. The van der Waals surface area contributed by atoms with Gasteiger partial charge in [-0.2, -0.15) is 0 Å². The first-order valence-corrected chi connectivity index (χ1v) is 4.67. The first kappa shape index (κ1) is 9.96. The largest absolute Gasteiger partial charge is 0.354 e. The highest BCUT2D eigenvalue weighted by atomic mass is 16.7. The first-order chi connectivity index (χ1) is 5.88. The van der Waals surface area contributed by atoms with E-state index in [0.29, 0.717) is 6.04 Å². The van der Waals surface area contributed by atoms with Crippen LogP contribution in [0.5, 0.6) is 0 Å².